The summed E-state index contributed by atoms with van der Waals surface area (Å²) in [5, 5.41) is 11.3. The number of nitrogens with one attached hydrogen (secondary N) is 3. The third kappa shape index (κ3) is 6.31. The highest BCUT2D eigenvalue weighted by Gasteiger charge is 2.19. The second-order valence-electron chi connectivity index (χ2n) is 4.26. The summed E-state index contributed by atoms with van der Waals surface area (Å²) in [7, 11) is 0. The predicted octanol–water partition coefficient (Wildman–Crippen LogP) is 0.0166. The van der Waals surface area contributed by atoms with Gasteiger partial charge in [0.1, 0.15) is 5.75 Å². The Hall–Kier alpha value is -2.03. The van der Waals surface area contributed by atoms with E-state index >= 15 is 0 Å². The highest BCUT2D eigenvalue weighted by atomic mass is 35.5. The van der Waals surface area contributed by atoms with Crippen LogP contribution in [0.4, 0.5) is 0 Å². The van der Waals surface area contributed by atoms with Gasteiger partial charge in [-0.3, -0.25) is 25.2 Å². The Morgan fingerprint density at radius 1 is 1.22 bits per heavy atom. The molecular weight excluding hydrogens is 349 g/mol. The molecule has 1 aromatic rings. The lowest BCUT2D eigenvalue weighted by Gasteiger charge is -2.16. The van der Waals surface area contributed by atoms with Gasteiger partial charge in [0.2, 0.25) is 0 Å². The minimum Gasteiger partial charge on any atom is -0.479 e. The molecule has 0 aliphatic heterocycles. The van der Waals surface area contributed by atoms with Crippen molar-refractivity contribution < 1.29 is 24.2 Å². The van der Waals surface area contributed by atoms with E-state index in [9.17, 15) is 14.4 Å². The van der Waals surface area contributed by atoms with E-state index in [2.05, 4.69) is 5.32 Å². The first-order valence-electron chi connectivity index (χ1n) is 6.45. The molecule has 0 saturated heterocycles. The van der Waals surface area contributed by atoms with E-state index in [1.165, 1.54) is 19.1 Å². The number of hydrogen-bond donors (Lipinski definition) is 4. The van der Waals surface area contributed by atoms with Crippen molar-refractivity contribution in [3.05, 3.63) is 28.2 Å². The van der Waals surface area contributed by atoms with E-state index < -0.39 is 23.8 Å². The average molecular weight is 364 g/mol. The third-order valence-corrected chi connectivity index (χ3v) is 3.00. The van der Waals surface area contributed by atoms with E-state index in [0.717, 1.165) is 0 Å². The molecule has 0 spiro atoms. The van der Waals surface area contributed by atoms with E-state index in [1.54, 1.807) is 6.07 Å². The minimum atomic E-state index is -1.08. The van der Waals surface area contributed by atoms with Crippen LogP contribution in [0.2, 0.25) is 10.0 Å². The molecule has 0 aliphatic rings. The number of carbonyl (C=O) groups excluding carboxylic acids is 3. The van der Waals surface area contributed by atoms with E-state index in [1.807, 2.05) is 10.9 Å². The predicted molar refractivity (Wildman–Crippen MR) is 82.9 cm³/mol. The van der Waals surface area contributed by atoms with Gasteiger partial charge in [-0.15, -0.1) is 0 Å². The number of carbonyl (C=O) groups is 3. The summed E-state index contributed by atoms with van der Waals surface area (Å²) >= 11 is 11.7. The summed E-state index contributed by atoms with van der Waals surface area (Å²) in [4.78, 5) is 34.3. The molecular formula is C13H15Cl2N3O5. The summed E-state index contributed by atoms with van der Waals surface area (Å²) in [5.74, 6) is -2.53. The van der Waals surface area contributed by atoms with Gasteiger partial charge in [-0.2, -0.15) is 0 Å². The maximum Gasteiger partial charge on any atom is 0.327 e. The first-order chi connectivity index (χ1) is 10.8. The molecule has 0 aliphatic carbocycles. The summed E-state index contributed by atoms with van der Waals surface area (Å²) in [6.45, 7) is 1.05. The van der Waals surface area contributed by atoms with Crippen molar-refractivity contribution in [1.29, 1.82) is 0 Å². The summed E-state index contributed by atoms with van der Waals surface area (Å²) < 4.78 is 5.33. The Morgan fingerprint density at radius 2 is 1.91 bits per heavy atom. The zero-order chi connectivity index (χ0) is 17.4. The molecule has 0 fully saturated rings. The van der Waals surface area contributed by atoms with Crippen LogP contribution in [0.1, 0.15) is 6.92 Å². The molecule has 1 atom stereocenters. The maximum absolute atomic E-state index is 11.8. The molecule has 0 radical (unpaired) electrons. The topological polar surface area (TPSA) is 117 Å². The molecule has 0 unspecified atom stereocenters. The monoisotopic (exact) mass is 363 g/mol. The number of ether oxygens (including phenoxy) is 1. The summed E-state index contributed by atoms with van der Waals surface area (Å²) in [6, 6.07) is 4.49. The average Bonchev–Trinajstić information content (AvgIpc) is 2.52. The maximum atomic E-state index is 11.8. The van der Waals surface area contributed by atoms with Crippen LogP contribution in [-0.4, -0.2) is 42.1 Å². The fourth-order valence-corrected chi connectivity index (χ4v) is 1.79. The minimum absolute atomic E-state index is 0.0746. The van der Waals surface area contributed by atoms with Crippen LogP contribution >= 0.6 is 23.2 Å². The highest BCUT2D eigenvalue weighted by Crippen LogP contribution is 2.28. The largest absolute Gasteiger partial charge is 0.479 e. The van der Waals surface area contributed by atoms with Crippen LogP contribution in [0, 0.1) is 0 Å². The molecule has 1 rings (SSSR count). The molecule has 8 nitrogen and oxygen atoms in total. The molecule has 0 saturated carbocycles. The number of halogens is 2. The lowest BCUT2D eigenvalue weighted by Crippen LogP contribution is -2.51. The van der Waals surface area contributed by atoms with E-state index in [-0.39, 0.29) is 23.9 Å². The van der Waals surface area contributed by atoms with Crippen molar-refractivity contribution in [2.45, 2.75) is 13.0 Å². The molecule has 4 N–H and O–H groups in total. The lowest BCUT2D eigenvalue weighted by molar-refractivity contribution is -0.141. The zero-order valence-electron chi connectivity index (χ0n) is 12.1. The van der Waals surface area contributed by atoms with Gasteiger partial charge in [-0.25, -0.2) is 0 Å². The quantitative estimate of drug-likeness (QED) is 0.434. The molecule has 3 amide bonds. The second kappa shape index (κ2) is 9.19. The smallest absolute Gasteiger partial charge is 0.327 e. The molecule has 23 heavy (non-hydrogen) atoms. The standard InChI is InChI=1S/C13H15Cl2N3O5/c1-7(23-10-3-2-8(14)6-9(10)15)11(20)17-18-13(22)12(21)16-4-5-19/h2-3,6-7,19H,4-5H2,1H3,(H,16,21)(H,17,20)(H,18,22)/t7-/m0/s1. The van der Waals surface area contributed by atoms with Gasteiger partial charge in [0.25, 0.3) is 5.91 Å². The molecule has 1 aromatic carbocycles. The molecule has 10 heteroatoms. The van der Waals surface area contributed by atoms with Gasteiger partial charge >= 0.3 is 11.8 Å². The van der Waals surface area contributed by atoms with Gasteiger partial charge in [0, 0.05) is 11.6 Å². The van der Waals surface area contributed by atoms with Crippen molar-refractivity contribution in [1.82, 2.24) is 16.2 Å². The molecule has 0 heterocycles. The van der Waals surface area contributed by atoms with E-state index in [0.29, 0.717) is 5.02 Å². The fraction of sp³-hybridized carbons (Fsp3) is 0.308. The van der Waals surface area contributed by atoms with Crippen LogP contribution < -0.4 is 20.9 Å². The van der Waals surface area contributed by atoms with Crippen molar-refractivity contribution in [2.75, 3.05) is 13.2 Å². The normalized spacial score (nSPS) is 11.3. The van der Waals surface area contributed by atoms with Crippen molar-refractivity contribution in [3.63, 3.8) is 0 Å². The van der Waals surface area contributed by atoms with Crippen LogP contribution in [0.25, 0.3) is 0 Å². The molecule has 0 aromatic heterocycles. The Balaban J connectivity index is 2.48. The number of rotatable bonds is 5. The summed E-state index contributed by atoms with van der Waals surface area (Å²) in [6.07, 6.45) is -0.991. The van der Waals surface area contributed by atoms with Gasteiger partial charge in [-0.05, 0) is 25.1 Å². The van der Waals surface area contributed by atoms with Crippen LogP contribution in [0.15, 0.2) is 18.2 Å². The van der Waals surface area contributed by atoms with E-state index in [4.69, 9.17) is 33.0 Å². The van der Waals surface area contributed by atoms with Gasteiger partial charge in [0.05, 0.1) is 11.6 Å². The Bertz CT molecular complexity index is 597. The van der Waals surface area contributed by atoms with Crippen LogP contribution in [0.3, 0.4) is 0 Å². The van der Waals surface area contributed by atoms with Crippen LogP contribution in [0.5, 0.6) is 5.75 Å². The SMILES string of the molecule is C[C@H](Oc1ccc(Cl)cc1Cl)C(=O)NNC(=O)C(=O)NCCO. The second-order valence-corrected chi connectivity index (χ2v) is 5.10. The van der Waals surface area contributed by atoms with Gasteiger partial charge in [-0.1, -0.05) is 23.2 Å². The third-order valence-electron chi connectivity index (χ3n) is 2.47. The van der Waals surface area contributed by atoms with Crippen molar-refractivity contribution >= 4 is 40.9 Å². The first-order valence-corrected chi connectivity index (χ1v) is 7.21. The fourth-order valence-electron chi connectivity index (χ4n) is 1.34. The number of hydrazine groups is 1. The number of aliphatic hydroxyl groups excluding tert-OH is 1. The Kier molecular flexibility index (Phi) is 7.60. The van der Waals surface area contributed by atoms with Crippen molar-refractivity contribution in [2.24, 2.45) is 0 Å². The zero-order valence-corrected chi connectivity index (χ0v) is 13.6. The molecule has 0 bridgehead atoms. The van der Waals surface area contributed by atoms with Gasteiger partial charge < -0.3 is 15.2 Å². The number of benzene rings is 1. The first kappa shape index (κ1) is 19.0. The molecule has 126 valence electrons. The van der Waals surface area contributed by atoms with Crippen molar-refractivity contribution in [3.8, 4) is 5.75 Å². The van der Waals surface area contributed by atoms with Gasteiger partial charge in [0.15, 0.2) is 6.10 Å². The number of hydrogen-bond acceptors (Lipinski definition) is 5. The lowest BCUT2D eigenvalue weighted by atomic mass is 10.3. The summed E-state index contributed by atoms with van der Waals surface area (Å²) in [5.41, 5.74) is 3.95. The Morgan fingerprint density at radius 3 is 2.52 bits per heavy atom. The Labute approximate surface area is 142 Å². The number of aliphatic hydroxyl groups is 1. The highest BCUT2D eigenvalue weighted by molar-refractivity contribution is 6.35. The number of amides is 3. The van der Waals surface area contributed by atoms with Crippen LogP contribution in [-0.2, 0) is 14.4 Å².